The Morgan fingerprint density at radius 2 is 1.57 bits per heavy atom. The predicted octanol–water partition coefficient (Wildman–Crippen LogP) is 6.40. The molecule has 0 bridgehead atoms. The molecular formula is C31H39Cl3N6O2. The van der Waals surface area contributed by atoms with Gasteiger partial charge in [-0.25, -0.2) is 4.68 Å². The SMILES string of the molecule is CC(C)C(NC(=O)c1ccc(C(C)(C)C)cc1)C(=O)N1C[C@@H](C)N(Cc2cn(-c3c(Cl)cc(Cl)cc3Cl)nn2)[C@@H](C)C1. The Kier molecular flexibility index (Phi) is 9.93. The van der Waals surface area contributed by atoms with Crippen molar-refractivity contribution in [1.82, 2.24) is 30.1 Å². The molecule has 11 heteroatoms. The van der Waals surface area contributed by atoms with Crippen LogP contribution < -0.4 is 5.32 Å². The summed E-state index contributed by atoms with van der Waals surface area (Å²) in [7, 11) is 0. The Labute approximate surface area is 263 Å². The highest BCUT2D eigenvalue weighted by Crippen LogP contribution is 2.32. The second-order valence-electron chi connectivity index (χ2n) is 12.5. The van der Waals surface area contributed by atoms with Gasteiger partial charge in [0.1, 0.15) is 11.7 Å². The van der Waals surface area contributed by atoms with Gasteiger partial charge in [0.05, 0.1) is 21.9 Å². The fraction of sp³-hybridized carbons (Fsp3) is 0.484. The summed E-state index contributed by atoms with van der Waals surface area (Å²) in [5.41, 5.74) is 2.96. The molecule has 8 nitrogen and oxygen atoms in total. The third-order valence-corrected chi connectivity index (χ3v) is 8.54. The number of nitrogens with one attached hydrogen (secondary N) is 1. The van der Waals surface area contributed by atoms with Crippen molar-refractivity contribution < 1.29 is 9.59 Å². The van der Waals surface area contributed by atoms with Crippen molar-refractivity contribution >= 4 is 46.6 Å². The molecule has 1 N–H and O–H groups in total. The van der Waals surface area contributed by atoms with Crippen LogP contribution in [0.5, 0.6) is 0 Å². The number of piperazine rings is 1. The number of amides is 2. The molecule has 1 unspecified atom stereocenters. The second kappa shape index (κ2) is 12.9. The van der Waals surface area contributed by atoms with Gasteiger partial charge in [-0.05, 0) is 55.0 Å². The van der Waals surface area contributed by atoms with Crippen molar-refractivity contribution in [2.24, 2.45) is 5.92 Å². The van der Waals surface area contributed by atoms with Gasteiger partial charge in [0.2, 0.25) is 5.91 Å². The highest BCUT2D eigenvalue weighted by Gasteiger charge is 2.36. The first-order valence-electron chi connectivity index (χ1n) is 14.2. The Hall–Kier alpha value is -2.65. The predicted molar refractivity (Wildman–Crippen MR) is 169 cm³/mol. The smallest absolute Gasteiger partial charge is 0.251 e. The minimum atomic E-state index is -0.625. The van der Waals surface area contributed by atoms with Crippen molar-refractivity contribution in [2.75, 3.05) is 13.1 Å². The molecule has 1 fully saturated rings. The monoisotopic (exact) mass is 632 g/mol. The van der Waals surface area contributed by atoms with E-state index in [1.807, 2.05) is 43.0 Å². The van der Waals surface area contributed by atoms with Crippen LogP contribution in [0, 0.1) is 5.92 Å². The molecule has 1 aromatic heterocycles. The topological polar surface area (TPSA) is 83.4 Å². The molecule has 0 saturated carbocycles. The molecule has 0 spiro atoms. The number of carbonyl (C=O) groups excluding carboxylic acids is 2. The van der Waals surface area contributed by atoms with Crippen LogP contribution in [0.3, 0.4) is 0 Å². The van der Waals surface area contributed by atoms with Gasteiger partial charge in [-0.1, -0.05) is 86.8 Å². The molecule has 2 heterocycles. The van der Waals surface area contributed by atoms with E-state index >= 15 is 0 Å². The van der Waals surface area contributed by atoms with E-state index < -0.39 is 6.04 Å². The summed E-state index contributed by atoms with van der Waals surface area (Å²) in [6.45, 7) is 16.1. The molecule has 3 atom stereocenters. The van der Waals surface area contributed by atoms with E-state index in [4.69, 9.17) is 34.8 Å². The van der Waals surface area contributed by atoms with Gasteiger partial charge in [-0.3, -0.25) is 14.5 Å². The zero-order valence-electron chi connectivity index (χ0n) is 25.2. The van der Waals surface area contributed by atoms with Gasteiger partial charge in [0.25, 0.3) is 5.91 Å². The van der Waals surface area contributed by atoms with E-state index in [-0.39, 0.29) is 35.2 Å². The maximum Gasteiger partial charge on any atom is 0.251 e. The fourth-order valence-corrected chi connectivity index (χ4v) is 6.32. The van der Waals surface area contributed by atoms with Crippen LogP contribution in [0.1, 0.15) is 70.1 Å². The van der Waals surface area contributed by atoms with Gasteiger partial charge in [-0.15, -0.1) is 5.10 Å². The summed E-state index contributed by atoms with van der Waals surface area (Å²) in [5, 5.41) is 12.8. The number of hydrogen-bond acceptors (Lipinski definition) is 5. The Morgan fingerprint density at radius 1 is 1.00 bits per heavy atom. The van der Waals surface area contributed by atoms with E-state index in [0.717, 1.165) is 11.3 Å². The Morgan fingerprint density at radius 3 is 2.10 bits per heavy atom. The first-order chi connectivity index (χ1) is 19.6. The van der Waals surface area contributed by atoms with Crippen LogP contribution in [0.25, 0.3) is 5.69 Å². The molecule has 1 aliphatic rings. The lowest BCUT2D eigenvalue weighted by atomic mass is 9.86. The molecule has 42 heavy (non-hydrogen) atoms. The summed E-state index contributed by atoms with van der Waals surface area (Å²) in [5.74, 6) is -0.382. The molecule has 226 valence electrons. The van der Waals surface area contributed by atoms with E-state index in [0.29, 0.717) is 46.0 Å². The van der Waals surface area contributed by atoms with Crippen LogP contribution in [0.15, 0.2) is 42.6 Å². The highest BCUT2D eigenvalue weighted by molar-refractivity contribution is 6.40. The lowest BCUT2D eigenvalue weighted by molar-refractivity contribution is -0.139. The first kappa shape index (κ1) is 32.3. The fourth-order valence-electron chi connectivity index (χ4n) is 5.33. The van der Waals surface area contributed by atoms with Gasteiger partial charge < -0.3 is 10.2 Å². The molecule has 3 aromatic rings. The number of carbonyl (C=O) groups is 2. The van der Waals surface area contributed by atoms with Gasteiger partial charge in [-0.2, -0.15) is 0 Å². The van der Waals surface area contributed by atoms with Gasteiger partial charge in [0, 0.05) is 42.3 Å². The average molecular weight is 634 g/mol. The molecule has 2 amide bonds. The summed E-state index contributed by atoms with van der Waals surface area (Å²) in [6, 6.07) is 10.3. The number of halogens is 3. The largest absolute Gasteiger partial charge is 0.340 e. The molecule has 2 aromatic carbocycles. The molecule has 4 rings (SSSR count). The second-order valence-corrected chi connectivity index (χ2v) is 13.8. The van der Waals surface area contributed by atoms with Crippen LogP contribution in [-0.4, -0.2) is 67.8 Å². The van der Waals surface area contributed by atoms with Crippen molar-refractivity contribution in [3.63, 3.8) is 0 Å². The third-order valence-electron chi connectivity index (χ3n) is 7.74. The minimum Gasteiger partial charge on any atom is -0.340 e. The number of hydrogen-bond donors (Lipinski definition) is 1. The van der Waals surface area contributed by atoms with E-state index in [1.165, 1.54) is 0 Å². The van der Waals surface area contributed by atoms with Crippen LogP contribution >= 0.6 is 34.8 Å². The summed E-state index contributed by atoms with van der Waals surface area (Å²) < 4.78 is 1.55. The summed E-state index contributed by atoms with van der Waals surface area (Å²) >= 11 is 18.8. The van der Waals surface area contributed by atoms with Crippen molar-refractivity contribution in [3.05, 3.63) is 74.5 Å². The maximum atomic E-state index is 13.7. The molecule has 1 aliphatic heterocycles. The zero-order chi connectivity index (χ0) is 30.9. The normalized spacial score (nSPS) is 18.8. The van der Waals surface area contributed by atoms with Crippen molar-refractivity contribution in [2.45, 2.75) is 78.6 Å². The Balaban J connectivity index is 1.42. The first-order valence-corrected chi connectivity index (χ1v) is 15.3. The zero-order valence-corrected chi connectivity index (χ0v) is 27.4. The quantitative estimate of drug-likeness (QED) is 0.326. The standard InChI is InChI=1S/C31H39Cl3N6O2/c1-18(2)27(35-29(41)21-8-10-22(11-9-21)31(5,6)7)30(42)38-14-19(3)39(20(4)15-38)16-24-17-40(37-36-24)28-25(33)12-23(32)13-26(28)34/h8-13,17-20,27H,14-16H2,1-7H3,(H,35,41)/t19-,20+,27?. The van der Waals surface area contributed by atoms with Crippen molar-refractivity contribution in [1.29, 1.82) is 0 Å². The number of nitrogens with zero attached hydrogens (tertiary/aromatic N) is 5. The molecule has 0 radical (unpaired) electrons. The third kappa shape index (κ3) is 7.28. The number of benzene rings is 2. The lowest BCUT2D eigenvalue weighted by Gasteiger charge is -2.45. The minimum absolute atomic E-state index is 0.00431. The molecule has 1 saturated heterocycles. The van der Waals surface area contributed by atoms with Crippen LogP contribution in [0.2, 0.25) is 15.1 Å². The van der Waals surface area contributed by atoms with Crippen LogP contribution in [0.4, 0.5) is 0 Å². The maximum absolute atomic E-state index is 13.7. The van der Waals surface area contributed by atoms with Gasteiger partial charge >= 0.3 is 0 Å². The van der Waals surface area contributed by atoms with E-state index in [1.54, 1.807) is 23.0 Å². The highest BCUT2D eigenvalue weighted by atomic mass is 35.5. The van der Waals surface area contributed by atoms with Crippen molar-refractivity contribution in [3.8, 4) is 5.69 Å². The average Bonchev–Trinajstić information content (AvgIpc) is 3.35. The van der Waals surface area contributed by atoms with E-state index in [9.17, 15) is 9.59 Å². The Bertz CT molecular complexity index is 1400. The lowest BCUT2D eigenvalue weighted by Crippen LogP contribution is -2.61. The van der Waals surface area contributed by atoms with Crippen LogP contribution in [-0.2, 0) is 16.8 Å². The molecule has 0 aliphatic carbocycles. The molecular weight excluding hydrogens is 595 g/mol. The summed E-state index contributed by atoms with van der Waals surface area (Å²) in [4.78, 5) is 31.0. The van der Waals surface area contributed by atoms with Gasteiger partial charge in [0.15, 0.2) is 0 Å². The number of rotatable bonds is 7. The van der Waals surface area contributed by atoms with E-state index in [2.05, 4.69) is 55.1 Å². The summed E-state index contributed by atoms with van der Waals surface area (Å²) in [6.07, 6.45) is 1.80. The number of aromatic nitrogens is 3.